The highest BCUT2D eigenvalue weighted by Crippen LogP contribution is 2.26. The van der Waals surface area contributed by atoms with Crippen molar-refractivity contribution in [2.45, 2.75) is 32.4 Å². The smallest absolute Gasteiger partial charge is 0.212 e. The van der Waals surface area contributed by atoms with Crippen LogP contribution in [-0.2, 0) is 13.0 Å². The van der Waals surface area contributed by atoms with E-state index in [0.29, 0.717) is 5.88 Å². The topological polar surface area (TPSA) is 52.0 Å². The fourth-order valence-electron chi connectivity index (χ4n) is 2.33. The predicted molar refractivity (Wildman–Crippen MR) is 86.5 cm³/mol. The molecule has 2 aromatic heterocycles. The van der Waals surface area contributed by atoms with E-state index in [1.807, 2.05) is 31.6 Å². The molecule has 5 nitrogen and oxygen atoms in total. The van der Waals surface area contributed by atoms with Gasteiger partial charge in [-0.1, -0.05) is 13.0 Å². The third-order valence-corrected chi connectivity index (χ3v) is 4.00. The Morgan fingerprint density at radius 3 is 2.76 bits per heavy atom. The first-order chi connectivity index (χ1) is 10.2. The van der Waals surface area contributed by atoms with E-state index >= 15 is 0 Å². The van der Waals surface area contributed by atoms with E-state index < -0.39 is 0 Å². The molecule has 0 saturated heterocycles. The van der Waals surface area contributed by atoms with Gasteiger partial charge in [-0.15, -0.1) is 0 Å². The third-order valence-electron chi connectivity index (χ3n) is 3.39. The molecule has 2 rings (SSSR count). The van der Waals surface area contributed by atoms with Gasteiger partial charge in [0.25, 0.3) is 0 Å². The number of aryl methyl sites for hydroxylation is 1. The maximum Gasteiger partial charge on any atom is 0.212 e. The Morgan fingerprint density at radius 2 is 2.19 bits per heavy atom. The summed E-state index contributed by atoms with van der Waals surface area (Å²) >= 11 is 3.61. The van der Waals surface area contributed by atoms with Gasteiger partial charge >= 0.3 is 0 Å². The maximum absolute atomic E-state index is 5.09. The summed E-state index contributed by atoms with van der Waals surface area (Å²) in [7, 11) is 3.59. The van der Waals surface area contributed by atoms with Crippen LogP contribution in [0, 0.1) is 0 Å². The van der Waals surface area contributed by atoms with Crippen LogP contribution in [0.5, 0.6) is 5.88 Å². The molecule has 0 fully saturated rings. The summed E-state index contributed by atoms with van der Waals surface area (Å²) in [6.07, 6.45) is 5.63. The van der Waals surface area contributed by atoms with Crippen LogP contribution in [0.1, 0.15) is 30.6 Å². The van der Waals surface area contributed by atoms with Crippen LogP contribution in [0.4, 0.5) is 0 Å². The number of rotatable bonds is 7. The number of hydrogen-bond acceptors (Lipinski definition) is 4. The Kier molecular flexibility index (Phi) is 5.76. The van der Waals surface area contributed by atoms with Crippen LogP contribution in [0.3, 0.4) is 0 Å². The maximum atomic E-state index is 5.09. The first-order valence-corrected chi connectivity index (χ1v) is 7.86. The molecular weight excluding hydrogens is 332 g/mol. The fourth-order valence-corrected chi connectivity index (χ4v) is 2.90. The minimum atomic E-state index is 0.184. The average Bonchev–Trinajstić information content (AvgIpc) is 2.87. The molecule has 6 heteroatoms. The van der Waals surface area contributed by atoms with Crippen molar-refractivity contribution in [2.75, 3.05) is 14.2 Å². The van der Waals surface area contributed by atoms with Gasteiger partial charge in [0, 0.05) is 18.8 Å². The highest BCUT2D eigenvalue weighted by Gasteiger charge is 2.19. The Bertz CT molecular complexity index is 568. The fraction of sp³-hybridized carbons (Fsp3) is 0.467. The minimum absolute atomic E-state index is 0.184. The van der Waals surface area contributed by atoms with Crippen molar-refractivity contribution in [1.29, 1.82) is 0 Å². The molecule has 2 heterocycles. The predicted octanol–water partition coefficient (Wildman–Crippen LogP) is 2.96. The summed E-state index contributed by atoms with van der Waals surface area (Å²) < 4.78 is 8.19. The highest BCUT2D eigenvalue weighted by atomic mass is 79.9. The van der Waals surface area contributed by atoms with E-state index in [4.69, 9.17) is 4.74 Å². The highest BCUT2D eigenvalue weighted by molar-refractivity contribution is 9.10. The molecule has 0 aromatic carbocycles. The standard InChI is InChI=1S/C15H21BrN4O/c1-4-7-20-15(12(16)10-19-20)13(17-2)8-11-5-6-14(21-3)18-9-11/h5-6,9-10,13,17H,4,7-8H2,1-3H3. The van der Waals surface area contributed by atoms with Crippen molar-refractivity contribution in [3.05, 3.63) is 40.3 Å². The zero-order valence-corrected chi connectivity index (χ0v) is 14.2. The second-order valence-corrected chi connectivity index (χ2v) is 5.71. The Morgan fingerprint density at radius 1 is 1.38 bits per heavy atom. The second kappa shape index (κ2) is 7.56. The number of nitrogens with one attached hydrogen (secondary N) is 1. The van der Waals surface area contributed by atoms with Gasteiger partial charge in [0.05, 0.1) is 29.5 Å². The van der Waals surface area contributed by atoms with Gasteiger partial charge in [-0.2, -0.15) is 5.10 Å². The molecule has 0 aliphatic carbocycles. The molecule has 1 unspecified atom stereocenters. The summed E-state index contributed by atoms with van der Waals surface area (Å²) in [6.45, 7) is 3.07. The number of likely N-dealkylation sites (N-methyl/N-ethyl adjacent to an activating group) is 1. The summed E-state index contributed by atoms with van der Waals surface area (Å²) in [5.41, 5.74) is 2.33. The minimum Gasteiger partial charge on any atom is -0.481 e. The van der Waals surface area contributed by atoms with E-state index in [1.54, 1.807) is 7.11 Å². The number of nitrogens with zero attached hydrogens (tertiary/aromatic N) is 3. The van der Waals surface area contributed by atoms with Gasteiger partial charge in [0.1, 0.15) is 0 Å². The quantitative estimate of drug-likeness (QED) is 0.832. The largest absolute Gasteiger partial charge is 0.481 e. The van der Waals surface area contributed by atoms with E-state index in [9.17, 15) is 0 Å². The van der Waals surface area contributed by atoms with Gasteiger partial charge in [-0.05, 0) is 41.4 Å². The summed E-state index contributed by atoms with van der Waals surface area (Å²) in [5, 5.41) is 7.81. The van der Waals surface area contributed by atoms with E-state index in [-0.39, 0.29) is 6.04 Å². The normalized spacial score (nSPS) is 12.4. The molecule has 0 bridgehead atoms. The Hall–Kier alpha value is -1.40. The first kappa shape index (κ1) is 16.0. The van der Waals surface area contributed by atoms with Gasteiger partial charge in [0.2, 0.25) is 5.88 Å². The molecule has 1 atom stereocenters. The zero-order chi connectivity index (χ0) is 15.2. The lowest BCUT2D eigenvalue weighted by Gasteiger charge is -2.19. The van der Waals surface area contributed by atoms with Crippen molar-refractivity contribution >= 4 is 15.9 Å². The molecule has 0 radical (unpaired) electrons. The molecule has 114 valence electrons. The van der Waals surface area contributed by atoms with Gasteiger partial charge < -0.3 is 10.1 Å². The van der Waals surface area contributed by atoms with Crippen LogP contribution in [-0.4, -0.2) is 28.9 Å². The summed E-state index contributed by atoms with van der Waals surface area (Å²) in [5.74, 6) is 0.636. The van der Waals surface area contributed by atoms with Gasteiger partial charge in [-0.3, -0.25) is 4.68 Å². The van der Waals surface area contributed by atoms with Crippen molar-refractivity contribution in [3.63, 3.8) is 0 Å². The van der Waals surface area contributed by atoms with Crippen LogP contribution in [0.25, 0.3) is 0 Å². The zero-order valence-electron chi connectivity index (χ0n) is 12.6. The van der Waals surface area contributed by atoms with Crippen LogP contribution in [0.2, 0.25) is 0 Å². The van der Waals surface area contributed by atoms with Crippen LogP contribution >= 0.6 is 15.9 Å². The molecule has 0 spiro atoms. The second-order valence-electron chi connectivity index (χ2n) is 4.86. The Balaban J connectivity index is 2.21. The van der Waals surface area contributed by atoms with Crippen LogP contribution < -0.4 is 10.1 Å². The number of methoxy groups -OCH3 is 1. The number of ether oxygens (including phenoxy) is 1. The van der Waals surface area contributed by atoms with E-state index in [2.05, 4.69) is 42.9 Å². The number of hydrogen-bond donors (Lipinski definition) is 1. The summed E-state index contributed by atoms with van der Waals surface area (Å²) in [4.78, 5) is 4.26. The average molecular weight is 353 g/mol. The van der Waals surface area contributed by atoms with Crippen molar-refractivity contribution in [2.24, 2.45) is 0 Å². The van der Waals surface area contributed by atoms with Crippen molar-refractivity contribution in [1.82, 2.24) is 20.1 Å². The number of aromatic nitrogens is 3. The lowest BCUT2D eigenvalue weighted by molar-refractivity contribution is 0.397. The van der Waals surface area contributed by atoms with Gasteiger partial charge in [-0.25, -0.2) is 4.98 Å². The monoisotopic (exact) mass is 352 g/mol. The number of pyridine rings is 1. The molecule has 0 aliphatic heterocycles. The molecule has 0 aliphatic rings. The number of halogens is 1. The molecule has 1 N–H and O–H groups in total. The van der Waals surface area contributed by atoms with Gasteiger partial charge in [0.15, 0.2) is 0 Å². The molecule has 0 saturated carbocycles. The lowest BCUT2D eigenvalue weighted by Crippen LogP contribution is -2.23. The Labute approximate surface area is 133 Å². The van der Waals surface area contributed by atoms with E-state index in [0.717, 1.165) is 29.4 Å². The molecular formula is C15H21BrN4O. The van der Waals surface area contributed by atoms with Crippen molar-refractivity contribution in [3.8, 4) is 5.88 Å². The molecule has 2 aromatic rings. The molecule has 0 amide bonds. The lowest BCUT2D eigenvalue weighted by atomic mass is 10.0. The van der Waals surface area contributed by atoms with Crippen molar-refractivity contribution < 1.29 is 4.74 Å². The first-order valence-electron chi connectivity index (χ1n) is 7.07. The molecule has 21 heavy (non-hydrogen) atoms. The SMILES string of the molecule is CCCn1ncc(Br)c1C(Cc1ccc(OC)nc1)NC. The third kappa shape index (κ3) is 3.83. The van der Waals surface area contributed by atoms with E-state index in [1.165, 1.54) is 5.69 Å². The van der Waals surface area contributed by atoms with Crippen LogP contribution in [0.15, 0.2) is 29.0 Å². The summed E-state index contributed by atoms with van der Waals surface area (Å²) in [6, 6.07) is 4.12.